The molecule has 0 radical (unpaired) electrons. The van der Waals surface area contributed by atoms with E-state index in [-0.39, 0.29) is 17.6 Å². The van der Waals surface area contributed by atoms with Crippen LogP contribution >= 0.6 is 27.7 Å². The molecular formula is C22H20BrN3O2S. The topological polar surface area (TPSA) is 71.1 Å². The van der Waals surface area contributed by atoms with Crippen molar-refractivity contribution >= 4 is 50.9 Å². The van der Waals surface area contributed by atoms with Crippen molar-refractivity contribution in [2.45, 2.75) is 18.9 Å². The molecule has 7 heteroatoms. The fourth-order valence-corrected chi connectivity index (χ4v) is 3.97. The van der Waals surface area contributed by atoms with Crippen LogP contribution in [0, 0.1) is 13.8 Å². The lowest BCUT2D eigenvalue weighted by Gasteiger charge is -2.13. The number of carbonyl (C=O) groups excluding carboxylic acids is 2. The molecule has 1 aromatic heterocycles. The van der Waals surface area contributed by atoms with Crippen LogP contribution in [0.5, 0.6) is 0 Å². The minimum absolute atomic E-state index is 0.150. The SMILES string of the molecule is Cc1cc(C)c(C(=O)Nc2ccccc2)c(SCC(=O)Nc2ccc(Br)cc2)n1. The highest BCUT2D eigenvalue weighted by atomic mass is 79.9. The largest absolute Gasteiger partial charge is 0.325 e. The molecule has 0 unspecified atom stereocenters. The zero-order valence-electron chi connectivity index (χ0n) is 16.0. The number of rotatable bonds is 6. The Bertz CT molecular complexity index is 1020. The second-order valence-electron chi connectivity index (χ2n) is 6.42. The maximum absolute atomic E-state index is 12.9. The number of benzene rings is 2. The molecule has 5 nitrogen and oxygen atoms in total. The predicted molar refractivity (Wildman–Crippen MR) is 122 cm³/mol. The first kappa shape index (κ1) is 21.1. The van der Waals surface area contributed by atoms with E-state index in [2.05, 4.69) is 31.5 Å². The Labute approximate surface area is 182 Å². The summed E-state index contributed by atoms with van der Waals surface area (Å²) in [5.74, 6) is -0.248. The first-order valence-corrected chi connectivity index (χ1v) is 10.7. The second kappa shape index (κ2) is 9.71. The van der Waals surface area contributed by atoms with Gasteiger partial charge in [0.2, 0.25) is 5.91 Å². The predicted octanol–water partition coefficient (Wildman–Crippen LogP) is 5.44. The molecule has 0 saturated heterocycles. The van der Waals surface area contributed by atoms with Crippen LogP contribution in [0.2, 0.25) is 0 Å². The number of nitrogens with one attached hydrogen (secondary N) is 2. The number of halogens is 1. The molecular weight excluding hydrogens is 450 g/mol. The van der Waals surface area contributed by atoms with Crippen molar-refractivity contribution in [3.63, 3.8) is 0 Å². The van der Waals surface area contributed by atoms with Crippen LogP contribution in [0.1, 0.15) is 21.6 Å². The molecule has 0 atom stereocenters. The molecule has 2 aromatic carbocycles. The average Bonchev–Trinajstić information content (AvgIpc) is 2.68. The number of thioether (sulfide) groups is 1. The van der Waals surface area contributed by atoms with Crippen LogP contribution in [-0.2, 0) is 4.79 Å². The van der Waals surface area contributed by atoms with E-state index in [1.807, 2.05) is 74.5 Å². The zero-order chi connectivity index (χ0) is 20.8. The molecule has 3 aromatic rings. The Morgan fingerprint density at radius 3 is 2.31 bits per heavy atom. The minimum Gasteiger partial charge on any atom is -0.325 e. The number of aryl methyl sites for hydroxylation is 2. The Kier molecular flexibility index (Phi) is 7.06. The standard InChI is InChI=1S/C22H20BrN3O2S/c1-14-12-15(2)24-22(20(14)21(28)26-17-6-4-3-5-7-17)29-13-19(27)25-18-10-8-16(23)9-11-18/h3-12H,13H2,1-2H3,(H,25,27)(H,26,28). The van der Waals surface area contributed by atoms with E-state index in [4.69, 9.17) is 0 Å². The molecule has 2 amide bonds. The number of carbonyl (C=O) groups is 2. The summed E-state index contributed by atoms with van der Waals surface area (Å²) in [5.41, 5.74) is 3.54. The Balaban J connectivity index is 1.73. The third kappa shape index (κ3) is 5.92. The third-order valence-corrected chi connectivity index (χ3v) is 5.54. The lowest BCUT2D eigenvalue weighted by Crippen LogP contribution is -2.18. The summed E-state index contributed by atoms with van der Waals surface area (Å²) < 4.78 is 0.943. The minimum atomic E-state index is -0.239. The maximum Gasteiger partial charge on any atom is 0.258 e. The van der Waals surface area contributed by atoms with Crippen molar-refractivity contribution < 1.29 is 9.59 Å². The molecule has 0 aliphatic carbocycles. The van der Waals surface area contributed by atoms with Crippen LogP contribution in [0.15, 0.2) is 70.2 Å². The third-order valence-electron chi connectivity index (χ3n) is 4.04. The van der Waals surface area contributed by atoms with Gasteiger partial charge in [-0.05, 0) is 61.9 Å². The quantitative estimate of drug-likeness (QED) is 0.471. The van der Waals surface area contributed by atoms with Gasteiger partial charge >= 0.3 is 0 Å². The molecule has 0 spiro atoms. The maximum atomic E-state index is 12.9. The Hall–Kier alpha value is -2.64. The second-order valence-corrected chi connectivity index (χ2v) is 8.30. The number of hydrogen-bond acceptors (Lipinski definition) is 4. The molecule has 3 rings (SSSR count). The molecule has 0 aliphatic rings. The van der Waals surface area contributed by atoms with E-state index >= 15 is 0 Å². The van der Waals surface area contributed by atoms with Gasteiger partial charge in [0.25, 0.3) is 5.91 Å². The van der Waals surface area contributed by atoms with Gasteiger partial charge in [-0.15, -0.1) is 0 Å². The van der Waals surface area contributed by atoms with Gasteiger partial charge in [0.05, 0.1) is 11.3 Å². The van der Waals surface area contributed by atoms with E-state index in [1.54, 1.807) is 0 Å². The first-order chi connectivity index (χ1) is 13.9. The van der Waals surface area contributed by atoms with E-state index in [1.165, 1.54) is 11.8 Å². The van der Waals surface area contributed by atoms with E-state index in [0.717, 1.165) is 15.7 Å². The van der Waals surface area contributed by atoms with Gasteiger partial charge in [-0.25, -0.2) is 4.98 Å². The van der Waals surface area contributed by atoms with Crippen molar-refractivity contribution in [2.75, 3.05) is 16.4 Å². The van der Waals surface area contributed by atoms with Crippen LogP contribution in [0.4, 0.5) is 11.4 Å². The van der Waals surface area contributed by atoms with Crippen LogP contribution < -0.4 is 10.6 Å². The number of nitrogens with zero attached hydrogens (tertiary/aromatic N) is 1. The van der Waals surface area contributed by atoms with Gasteiger partial charge in [-0.1, -0.05) is 45.9 Å². The highest BCUT2D eigenvalue weighted by Crippen LogP contribution is 2.26. The summed E-state index contributed by atoms with van der Waals surface area (Å²) >= 11 is 4.62. The van der Waals surface area contributed by atoms with Crippen molar-refractivity contribution in [2.24, 2.45) is 0 Å². The molecule has 29 heavy (non-hydrogen) atoms. The van der Waals surface area contributed by atoms with Gasteiger partial charge in [-0.2, -0.15) is 0 Å². The summed E-state index contributed by atoms with van der Waals surface area (Å²) in [6.45, 7) is 3.75. The van der Waals surface area contributed by atoms with Crippen molar-refractivity contribution in [1.29, 1.82) is 0 Å². The highest BCUT2D eigenvalue weighted by molar-refractivity contribution is 9.10. The van der Waals surface area contributed by atoms with Crippen molar-refractivity contribution in [1.82, 2.24) is 4.98 Å². The fourth-order valence-electron chi connectivity index (χ4n) is 2.76. The summed E-state index contributed by atoms with van der Waals surface area (Å²) in [6, 6.07) is 18.5. The smallest absolute Gasteiger partial charge is 0.258 e. The summed E-state index contributed by atoms with van der Waals surface area (Å²) in [7, 11) is 0. The first-order valence-electron chi connectivity index (χ1n) is 8.95. The van der Waals surface area contributed by atoms with Gasteiger partial charge in [0.1, 0.15) is 5.03 Å². The number of pyridine rings is 1. The van der Waals surface area contributed by atoms with Gasteiger partial charge in [0.15, 0.2) is 0 Å². The van der Waals surface area contributed by atoms with Crippen molar-refractivity contribution in [3.05, 3.63) is 82.0 Å². The molecule has 2 N–H and O–H groups in total. The fraction of sp³-hybridized carbons (Fsp3) is 0.136. The number of anilines is 2. The van der Waals surface area contributed by atoms with Crippen molar-refractivity contribution in [3.8, 4) is 0 Å². The van der Waals surface area contributed by atoms with E-state index in [0.29, 0.717) is 22.0 Å². The van der Waals surface area contributed by atoms with Crippen LogP contribution in [-0.4, -0.2) is 22.6 Å². The lowest BCUT2D eigenvalue weighted by atomic mass is 10.1. The van der Waals surface area contributed by atoms with E-state index in [9.17, 15) is 9.59 Å². The van der Waals surface area contributed by atoms with Gasteiger partial charge < -0.3 is 10.6 Å². The Morgan fingerprint density at radius 1 is 0.966 bits per heavy atom. The number of hydrogen-bond donors (Lipinski definition) is 2. The van der Waals surface area contributed by atoms with Gasteiger partial charge in [-0.3, -0.25) is 9.59 Å². The number of para-hydroxylation sites is 1. The zero-order valence-corrected chi connectivity index (χ0v) is 18.4. The number of amides is 2. The summed E-state index contributed by atoms with van der Waals surface area (Å²) in [4.78, 5) is 29.7. The average molecular weight is 470 g/mol. The molecule has 148 valence electrons. The normalized spacial score (nSPS) is 10.4. The van der Waals surface area contributed by atoms with Gasteiger partial charge in [0, 0.05) is 21.5 Å². The monoisotopic (exact) mass is 469 g/mol. The Morgan fingerprint density at radius 2 is 1.62 bits per heavy atom. The molecule has 0 bridgehead atoms. The van der Waals surface area contributed by atoms with E-state index < -0.39 is 0 Å². The highest BCUT2D eigenvalue weighted by Gasteiger charge is 2.18. The lowest BCUT2D eigenvalue weighted by molar-refractivity contribution is -0.113. The molecule has 0 fully saturated rings. The van der Waals surface area contributed by atoms with Crippen LogP contribution in [0.3, 0.4) is 0 Å². The summed E-state index contributed by atoms with van der Waals surface area (Å²) in [5, 5.41) is 6.29. The molecule has 0 aliphatic heterocycles. The molecule has 1 heterocycles. The molecule has 0 saturated carbocycles. The number of aromatic nitrogens is 1. The van der Waals surface area contributed by atoms with Crippen LogP contribution in [0.25, 0.3) is 0 Å². The summed E-state index contributed by atoms with van der Waals surface area (Å²) in [6.07, 6.45) is 0.